The van der Waals surface area contributed by atoms with E-state index in [-0.39, 0.29) is 22.7 Å². The van der Waals surface area contributed by atoms with Crippen LogP contribution in [0.1, 0.15) is 52.5 Å². The van der Waals surface area contributed by atoms with Crippen LogP contribution in [0.5, 0.6) is 5.75 Å². The van der Waals surface area contributed by atoms with E-state index in [9.17, 15) is 22.8 Å². The van der Waals surface area contributed by atoms with E-state index in [1.54, 1.807) is 4.90 Å². The highest BCUT2D eigenvalue weighted by atomic mass is 35.5. The van der Waals surface area contributed by atoms with Crippen LogP contribution in [0.2, 0.25) is 5.02 Å². The molecule has 1 saturated heterocycles. The molecule has 0 spiro atoms. The minimum atomic E-state index is -4.55. The van der Waals surface area contributed by atoms with Gasteiger partial charge < -0.3 is 19.3 Å². The summed E-state index contributed by atoms with van der Waals surface area (Å²) in [4.78, 5) is 29.9. The number of esters is 1. The number of hydrogen-bond acceptors (Lipinski definition) is 5. The molecule has 216 valence electrons. The average molecular weight is 587 g/mol. The summed E-state index contributed by atoms with van der Waals surface area (Å²) in [5.74, 6) is -0.149. The van der Waals surface area contributed by atoms with Gasteiger partial charge in [-0.15, -0.1) is 0 Å². The highest BCUT2D eigenvalue weighted by Gasteiger charge is 2.34. The van der Waals surface area contributed by atoms with Crippen LogP contribution in [0.15, 0.2) is 60.7 Å². The lowest BCUT2D eigenvalue weighted by Gasteiger charge is -2.43. The molecule has 1 atom stereocenters. The Kier molecular flexibility index (Phi) is 8.18. The molecule has 2 fully saturated rings. The molecule has 0 radical (unpaired) electrons. The molecule has 3 aromatic carbocycles. The highest BCUT2D eigenvalue weighted by molar-refractivity contribution is 6.33. The molecule has 0 unspecified atom stereocenters. The normalized spacial score (nSPS) is 17.4. The minimum absolute atomic E-state index is 0.0228. The molecule has 2 aliphatic rings. The Labute approximate surface area is 241 Å². The summed E-state index contributed by atoms with van der Waals surface area (Å²) in [5, 5.41) is -0.241. The number of anilines is 1. The summed E-state index contributed by atoms with van der Waals surface area (Å²) in [6, 6.07) is 16.0. The Morgan fingerprint density at radius 3 is 2.41 bits per heavy atom. The number of carbonyl (C=O) groups excluding carboxylic acids is 2. The average Bonchev–Trinajstić information content (AvgIpc) is 3.79. The van der Waals surface area contributed by atoms with Gasteiger partial charge in [0.2, 0.25) is 0 Å². The van der Waals surface area contributed by atoms with Crippen molar-refractivity contribution in [2.24, 2.45) is 0 Å². The molecule has 0 aromatic heterocycles. The summed E-state index contributed by atoms with van der Waals surface area (Å²) >= 11 is 6.11. The molecule has 1 heterocycles. The van der Waals surface area contributed by atoms with Crippen LogP contribution < -0.4 is 9.64 Å². The number of methoxy groups -OCH3 is 1. The van der Waals surface area contributed by atoms with Gasteiger partial charge in [-0.1, -0.05) is 42.8 Å². The molecular weight excluding hydrogens is 557 g/mol. The first-order chi connectivity index (χ1) is 19.6. The van der Waals surface area contributed by atoms with Crippen molar-refractivity contribution in [2.75, 3.05) is 31.6 Å². The second-order valence-electron chi connectivity index (χ2n) is 10.2. The van der Waals surface area contributed by atoms with E-state index in [1.165, 1.54) is 7.11 Å². The topological polar surface area (TPSA) is 59.1 Å². The largest absolute Gasteiger partial charge is 0.490 e. The standard InChI is InChI=1S/C31H30ClF3N2O4/c1-3-21-18-36(29(38)24-12-9-20(17-26(24)32)31(33,34)35)14-15-37(21)27-13-8-19(16-25(27)30(39)40-2)23-6-4-5-7-28(23)41-22-10-11-22/h4-9,12-13,16-17,21-22H,3,10-11,14-15,18H2,1-2H3/t21-/m1/s1. The van der Waals surface area contributed by atoms with Gasteiger partial charge in [0.05, 0.1) is 40.6 Å². The third kappa shape index (κ3) is 6.15. The Morgan fingerprint density at radius 2 is 1.76 bits per heavy atom. The van der Waals surface area contributed by atoms with Crippen LogP contribution in [0.4, 0.5) is 18.9 Å². The van der Waals surface area contributed by atoms with Crippen LogP contribution in [-0.4, -0.2) is 55.7 Å². The summed E-state index contributed by atoms with van der Waals surface area (Å²) in [6.07, 6.45) is -1.62. The smallest absolute Gasteiger partial charge is 0.416 e. The Hall–Kier alpha value is -3.72. The summed E-state index contributed by atoms with van der Waals surface area (Å²) < 4.78 is 50.4. The first kappa shape index (κ1) is 28.8. The molecule has 0 bridgehead atoms. The van der Waals surface area contributed by atoms with E-state index in [0.717, 1.165) is 47.9 Å². The number of nitrogens with zero attached hydrogens (tertiary/aromatic N) is 2. The molecule has 1 aliphatic heterocycles. The van der Waals surface area contributed by atoms with Gasteiger partial charge in [-0.05, 0) is 61.2 Å². The van der Waals surface area contributed by atoms with Crippen molar-refractivity contribution in [1.82, 2.24) is 4.90 Å². The molecule has 1 amide bonds. The zero-order valence-corrected chi connectivity index (χ0v) is 23.5. The number of ether oxygens (including phenoxy) is 2. The van der Waals surface area contributed by atoms with Crippen molar-refractivity contribution in [3.8, 4) is 16.9 Å². The van der Waals surface area contributed by atoms with Gasteiger partial charge in [-0.3, -0.25) is 4.79 Å². The van der Waals surface area contributed by atoms with Gasteiger partial charge in [0, 0.05) is 31.2 Å². The second-order valence-corrected chi connectivity index (χ2v) is 10.6. The van der Waals surface area contributed by atoms with Gasteiger partial charge >= 0.3 is 12.1 Å². The maximum absolute atomic E-state index is 13.3. The van der Waals surface area contributed by atoms with E-state index in [2.05, 4.69) is 4.90 Å². The van der Waals surface area contributed by atoms with E-state index >= 15 is 0 Å². The molecule has 6 nitrogen and oxygen atoms in total. The summed E-state index contributed by atoms with van der Waals surface area (Å²) in [7, 11) is 1.34. The molecule has 0 N–H and O–H groups in total. The molecule has 5 rings (SSSR count). The lowest BCUT2D eigenvalue weighted by Crippen LogP contribution is -2.55. The lowest BCUT2D eigenvalue weighted by atomic mass is 9.98. The fourth-order valence-electron chi connectivity index (χ4n) is 5.14. The van der Waals surface area contributed by atoms with E-state index in [1.807, 2.05) is 49.4 Å². The van der Waals surface area contributed by atoms with Crippen molar-refractivity contribution in [2.45, 2.75) is 44.5 Å². The molecule has 41 heavy (non-hydrogen) atoms. The lowest BCUT2D eigenvalue weighted by molar-refractivity contribution is -0.137. The van der Waals surface area contributed by atoms with Crippen molar-refractivity contribution in [1.29, 1.82) is 0 Å². The number of halogens is 4. The van der Waals surface area contributed by atoms with Crippen LogP contribution in [0.25, 0.3) is 11.1 Å². The summed E-state index contributed by atoms with van der Waals surface area (Å²) in [6.45, 7) is 3.00. The van der Waals surface area contributed by atoms with E-state index in [4.69, 9.17) is 21.1 Å². The third-order valence-corrected chi connectivity index (χ3v) is 7.81. The fraction of sp³-hybridized carbons (Fsp3) is 0.355. The molecule has 1 aliphatic carbocycles. The molecule has 1 saturated carbocycles. The van der Waals surface area contributed by atoms with Gasteiger partial charge in [0.25, 0.3) is 5.91 Å². The number of amides is 1. The van der Waals surface area contributed by atoms with Gasteiger partial charge in [0.15, 0.2) is 0 Å². The number of para-hydroxylation sites is 1. The zero-order chi connectivity index (χ0) is 29.3. The number of rotatable bonds is 7. The van der Waals surface area contributed by atoms with Gasteiger partial charge in [-0.2, -0.15) is 13.2 Å². The minimum Gasteiger partial charge on any atom is -0.490 e. The maximum atomic E-state index is 13.3. The van der Waals surface area contributed by atoms with Crippen molar-refractivity contribution < 1.29 is 32.2 Å². The molecular formula is C31H30ClF3N2O4. The second kappa shape index (κ2) is 11.6. The Bertz CT molecular complexity index is 1460. The van der Waals surface area contributed by atoms with E-state index in [0.29, 0.717) is 37.3 Å². The van der Waals surface area contributed by atoms with Crippen molar-refractivity contribution in [3.63, 3.8) is 0 Å². The third-order valence-electron chi connectivity index (χ3n) is 7.50. The quantitative estimate of drug-likeness (QED) is 0.277. The Morgan fingerprint density at radius 1 is 1.00 bits per heavy atom. The van der Waals surface area contributed by atoms with Crippen molar-refractivity contribution in [3.05, 3.63) is 82.4 Å². The predicted molar refractivity (Wildman–Crippen MR) is 151 cm³/mol. The number of carbonyl (C=O) groups is 2. The fourth-order valence-corrected chi connectivity index (χ4v) is 5.40. The summed E-state index contributed by atoms with van der Waals surface area (Å²) in [5.41, 5.74) is 1.91. The van der Waals surface area contributed by atoms with Gasteiger partial charge in [-0.25, -0.2) is 4.79 Å². The predicted octanol–water partition coefficient (Wildman–Crippen LogP) is 7.09. The number of benzene rings is 3. The monoisotopic (exact) mass is 586 g/mol. The Balaban J connectivity index is 1.40. The van der Waals surface area contributed by atoms with Crippen LogP contribution in [0, 0.1) is 0 Å². The van der Waals surface area contributed by atoms with Crippen LogP contribution >= 0.6 is 11.6 Å². The zero-order valence-electron chi connectivity index (χ0n) is 22.7. The van der Waals surface area contributed by atoms with Crippen LogP contribution in [-0.2, 0) is 10.9 Å². The SMILES string of the molecule is CC[C@@H]1CN(C(=O)c2ccc(C(F)(F)F)cc2Cl)CCN1c1ccc(-c2ccccc2OC2CC2)cc1C(=O)OC. The molecule has 10 heteroatoms. The van der Waals surface area contributed by atoms with E-state index < -0.39 is 23.6 Å². The molecule has 3 aromatic rings. The first-order valence-corrected chi connectivity index (χ1v) is 13.9. The number of piperazine rings is 1. The van der Waals surface area contributed by atoms with Crippen LogP contribution in [0.3, 0.4) is 0 Å². The number of hydrogen-bond donors (Lipinski definition) is 0. The number of alkyl halides is 3. The highest BCUT2D eigenvalue weighted by Crippen LogP contribution is 2.38. The first-order valence-electron chi connectivity index (χ1n) is 13.5. The van der Waals surface area contributed by atoms with Crippen molar-refractivity contribution >= 4 is 29.2 Å². The van der Waals surface area contributed by atoms with Gasteiger partial charge in [0.1, 0.15) is 5.75 Å². The maximum Gasteiger partial charge on any atom is 0.416 e.